The maximum absolute atomic E-state index is 12.1. The first kappa shape index (κ1) is 24.5. The van der Waals surface area contributed by atoms with E-state index >= 15 is 0 Å². The Morgan fingerprint density at radius 3 is 2.47 bits per heavy atom. The van der Waals surface area contributed by atoms with E-state index in [1.54, 1.807) is 19.0 Å². The summed E-state index contributed by atoms with van der Waals surface area (Å²) >= 11 is 0. The first-order chi connectivity index (χ1) is 15.5. The van der Waals surface area contributed by atoms with Gasteiger partial charge in [0.2, 0.25) is 5.91 Å². The minimum atomic E-state index is 0.0325. The maximum Gasteiger partial charge on any atom is 0.241 e. The lowest BCUT2D eigenvalue weighted by Crippen LogP contribution is -2.49. The monoisotopic (exact) mass is 444 g/mol. The van der Waals surface area contributed by atoms with Gasteiger partial charge in [-0.25, -0.2) is 4.99 Å². The first-order valence-corrected chi connectivity index (χ1v) is 12.0. The summed E-state index contributed by atoms with van der Waals surface area (Å²) in [5.41, 5.74) is 2.31. The maximum atomic E-state index is 12.1. The van der Waals surface area contributed by atoms with Crippen molar-refractivity contribution in [3.05, 3.63) is 35.4 Å². The number of guanidine groups is 1. The molecular weight excluding hydrogens is 404 g/mol. The van der Waals surface area contributed by atoms with Crippen molar-refractivity contribution in [1.29, 1.82) is 0 Å². The fourth-order valence-corrected chi connectivity index (χ4v) is 4.14. The third-order valence-corrected chi connectivity index (χ3v) is 6.44. The predicted octanol–water partition coefficient (Wildman–Crippen LogP) is 3.08. The van der Waals surface area contributed by atoms with Gasteiger partial charge in [-0.3, -0.25) is 4.79 Å². The van der Waals surface area contributed by atoms with Crippen molar-refractivity contribution in [1.82, 2.24) is 15.5 Å². The topological polar surface area (TPSA) is 75.2 Å². The number of nitrogens with one attached hydrogen (secondary N) is 2. The Morgan fingerprint density at radius 1 is 1.09 bits per heavy atom. The average molecular weight is 445 g/mol. The number of amides is 1. The first-order valence-electron chi connectivity index (χ1n) is 12.0. The minimum Gasteiger partial charge on any atom is -0.381 e. The quantitative estimate of drug-likeness (QED) is 0.476. The predicted molar refractivity (Wildman–Crippen MR) is 127 cm³/mol. The summed E-state index contributed by atoms with van der Waals surface area (Å²) in [6, 6.07) is 8.84. The van der Waals surface area contributed by atoms with Crippen LogP contribution in [-0.2, 0) is 27.4 Å². The van der Waals surface area contributed by atoms with Crippen LogP contribution in [0.2, 0.25) is 0 Å². The number of aliphatic imine (C=N–C) groups is 1. The molecule has 3 rings (SSSR count). The fraction of sp³-hybridized carbons (Fsp3) is 0.680. The highest BCUT2D eigenvalue weighted by atomic mass is 16.5. The zero-order valence-corrected chi connectivity index (χ0v) is 19.9. The lowest BCUT2D eigenvalue weighted by atomic mass is 9.86. The second-order valence-electron chi connectivity index (χ2n) is 9.26. The van der Waals surface area contributed by atoms with E-state index in [2.05, 4.69) is 41.8 Å². The Balaban J connectivity index is 1.55. The Bertz CT molecular complexity index is 729. The standard InChI is InChI=1S/C25H40N4O3/c1-19-6-4-5-7-23(19)28-25(27-17-24(30)29(2)3)26-16-20-8-10-21(11-9-20)18-32-22-12-14-31-15-13-22/h8-11,19,22-23H,4-7,12-18H2,1-3H3,(H2,26,27,28). The van der Waals surface area contributed by atoms with Gasteiger partial charge in [-0.05, 0) is 42.7 Å². The van der Waals surface area contributed by atoms with Crippen molar-refractivity contribution in [2.75, 3.05) is 33.9 Å². The fourth-order valence-electron chi connectivity index (χ4n) is 4.14. The van der Waals surface area contributed by atoms with Crippen LogP contribution in [0.4, 0.5) is 0 Å². The molecule has 7 heteroatoms. The van der Waals surface area contributed by atoms with Crippen molar-refractivity contribution in [3.8, 4) is 0 Å². The molecule has 1 heterocycles. The van der Waals surface area contributed by atoms with Gasteiger partial charge in [0.15, 0.2) is 5.96 Å². The highest BCUT2D eigenvalue weighted by molar-refractivity contribution is 5.86. The molecule has 2 fully saturated rings. The smallest absolute Gasteiger partial charge is 0.241 e. The number of benzene rings is 1. The Labute approximate surface area is 192 Å². The zero-order valence-electron chi connectivity index (χ0n) is 19.9. The molecule has 7 nitrogen and oxygen atoms in total. The number of carbonyl (C=O) groups excluding carboxylic acids is 1. The van der Waals surface area contributed by atoms with Gasteiger partial charge in [0.25, 0.3) is 0 Å². The van der Waals surface area contributed by atoms with Crippen LogP contribution in [0.15, 0.2) is 29.3 Å². The summed E-state index contributed by atoms with van der Waals surface area (Å²) in [6.07, 6.45) is 7.17. The summed E-state index contributed by atoms with van der Waals surface area (Å²) in [5, 5.41) is 6.80. The van der Waals surface area contributed by atoms with Crippen LogP contribution in [0.25, 0.3) is 0 Å². The van der Waals surface area contributed by atoms with E-state index in [1.165, 1.54) is 24.8 Å². The molecule has 0 radical (unpaired) electrons. The van der Waals surface area contributed by atoms with E-state index in [1.807, 2.05) is 0 Å². The lowest BCUT2D eigenvalue weighted by molar-refractivity contribution is -0.127. The number of hydrogen-bond donors (Lipinski definition) is 2. The molecular formula is C25H40N4O3. The van der Waals surface area contributed by atoms with Crippen LogP contribution in [0.1, 0.15) is 56.6 Å². The van der Waals surface area contributed by atoms with Crippen LogP contribution < -0.4 is 10.6 Å². The third kappa shape index (κ3) is 8.10. The zero-order chi connectivity index (χ0) is 22.8. The molecule has 1 aliphatic carbocycles. The number of ether oxygens (including phenoxy) is 2. The molecule has 1 saturated carbocycles. The van der Waals surface area contributed by atoms with Gasteiger partial charge < -0.3 is 25.0 Å². The molecule has 0 bridgehead atoms. The van der Waals surface area contributed by atoms with Crippen molar-refractivity contribution < 1.29 is 14.3 Å². The summed E-state index contributed by atoms with van der Waals surface area (Å²) in [7, 11) is 3.54. The molecule has 0 spiro atoms. The minimum absolute atomic E-state index is 0.0325. The molecule has 2 atom stereocenters. The normalized spacial score (nSPS) is 22.4. The van der Waals surface area contributed by atoms with Crippen LogP contribution in [0.5, 0.6) is 0 Å². The summed E-state index contributed by atoms with van der Waals surface area (Å²) < 4.78 is 11.4. The number of likely N-dealkylation sites (N-methyl/N-ethyl adjacent to an activating group) is 1. The van der Waals surface area contributed by atoms with Crippen molar-refractivity contribution in [2.24, 2.45) is 10.9 Å². The van der Waals surface area contributed by atoms with Crippen LogP contribution >= 0.6 is 0 Å². The molecule has 0 aromatic heterocycles. The Hall–Kier alpha value is -2.12. The molecule has 1 aliphatic heterocycles. The van der Waals surface area contributed by atoms with E-state index in [-0.39, 0.29) is 12.5 Å². The van der Waals surface area contributed by atoms with E-state index in [4.69, 9.17) is 14.5 Å². The largest absolute Gasteiger partial charge is 0.381 e. The molecule has 1 aromatic rings. The summed E-state index contributed by atoms with van der Waals surface area (Å²) in [5.74, 6) is 1.35. The van der Waals surface area contributed by atoms with E-state index in [0.717, 1.165) is 38.0 Å². The molecule has 2 unspecified atom stereocenters. The summed E-state index contributed by atoms with van der Waals surface area (Å²) in [6.45, 7) is 5.32. The molecule has 2 N–H and O–H groups in total. The second kappa shape index (κ2) is 12.8. The van der Waals surface area contributed by atoms with Gasteiger partial charge in [0.1, 0.15) is 0 Å². The SMILES string of the molecule is CC1CCCCC1NC(=NCc1ccc(COC2CCOCC2)cc1)NCC(=O)N(C)C. The molecule has 2 aliphatic rings. The summed E-state index contributed by atoms with van der Waals surface area (Å²) in [4.78, 5) is 18.4. The molecule has 1 amide bonds. The highest BCUT2D eigenvalue weighted by Crippen LogP contribution is 2.23. The second-order valence-corrected chi connectivity index (χ2v) is 9.26. The van der Waals surface area contributed by atoms with Crippen molar-refractivity contribution >= 4 is 11.9 Å². The van der Waals surface area contributed by atoms with Crippen LogP contribution in [-0.4, -0.2) is 62.8 Å². The van der Waals surface area contributed by atoms with E-state index < -0.39 is 0 Å². The molecule has 32 heavy (non-hydrogen) atoms. The van der Waals surface area contributed by atoms with Crippen LogP contribution in [0.3, 0.4) is 0 Å². The number of carbonyl (C=O) groups is 1. The highest BCUT2D eigenvalue weighted by Gasteiger charge is 2.22. The number of hydrogen-bond acceptors (Lipinski definition) is 4. The van der Waals surface area contributed by atoms with E-state index in [9.17, 15) is 4.79 Å². The third-order valence-electron chi connectivity index (χ3n) is 6.44. The van der Waals surface area contributed by atoms with E-state index in [0.29, 0.717) is 37.2 Å². The Kier molecular flexibility index (Phi) is 9.81. The van der Waals surface area contributed by atoms with Gasteiger partial charge in [-0.15, -0.1) is 0 Å². The Morgan fingerprint density at radius 2 is 1.78 bits per heavy atom. The van der Waals surface area contributed by atoms with Crippen LogP contribution in [0, 0.1) is 5.92 Å². The lowest BCUT2D eigenvalue weighted by Gasteiger charge is -2.31. The van der Waals surface area contributed by atoms with Crippen molar-refractivity contribution in [3.63, 3.8) is 0 Å². The molecule has 178 valence electrons. The average Bonchev–Trinajstić information content (AvgIpc) is 2.81. The van der Waals surface area contributed by atoms with Crippen molar-refractivity contribution in [2.45, 2.75) is 70.7 Å². The van der Waals surface area contributed by atoms with Gasteiger partial charge in [-0.1, -0.05) is 44.0 Å². The molecule has 1 aromatic carbocycles. The number of rotatable bonds is 8. The molecule has 1 saturated heterocycles. The number of nitrogens with zero attached hydrogens (tertiary/aromatic N) is 2. The van der Waals surface area contributed by atoms with Gasteiger partial charge in [-0.2, -0.15) is 0 Å². The van der Waals surface area contributed by atoms with Gasteiger partial charge >= 0.3 is 0 Å². The van der Waals surface area contributed by atoms with Gasteiger partial charge in [0.05, 0.1) is 25.8 Å². The van der Waals surface area contributed by atoms with Gasteiger partial charge in [0, 0.05) is 33.4 Å².